The zero-order valence-electron chi connectivity index (χ0n) is 11.9. The van der Waals surface area contributed by atoms with E-state index in [-0.39, 0.29) is 11.5 Å². The van der Waals surface area contributed by atoms with Gasteiger partial charge in [0, 0.05) is 7.11 Å². The molecule has 1 fully saturated rings. The Bertz CT molecular complexity index is 524. The molecule has 0 amide bonds. The smallest absolute Gasteiger partial charge is 0.229 e. The van der Waals surface area contributed by atoms with Gasteiger partial charge in [0.15, 0.2) is 23.6 Å². The molecule has 5 atom stereocenters. The lowest BCUT2D eigenvalue weighted by molar-refractivity contribution is -0.294. The van der Waals surface area contributed by atoms with Gasteiger partial charge < -0.3 is 24.1 Å². The monoisotopic (exact) mass is 282 g/mol. The maximum atomic E-state index is 12.3. The van der Waals surface area contributed by atoms with E-state index in [0.717, 1.165) is 0 Å². The maximum Gasteiger partial charge on any atom is 0.229 e. The van der Waals surface area contributed by atoms with Gasteiger partial charge in [-0.3, -0.25) is 4.79 Å². The maximum absolute atomic E-state index is 12.3. The third kappa shape index (κ3) is 1.41. The summed E-state index contributed by atoms with van der Waals surface area (Å²) < 4.78 is 22.2. The molecule has 6 nitrogen and oxygen atoms in total. The minimum atomic E-state index is -1.11. The normalized spacial score (nSPS) is 46.2. The number of carbonyl (C=O) groups excluding carboxylic acids is 1. The number of Topliss-reactive ketones (excluding diaryl/α,β-unsaturated/α-hetero) is 1. The lowest BCUT2D eigenvalue weighted by Gasteiger charge is -2.58. The molecule has 1 saturated heterocycles. The van der Waals surface area contributed by atoms with Crippen molar-refractivity contribution < 1.29 is 28.8 Å². The second kappa shape index (κ2) is 4.07. The van der Waals surface area contributed by atoms with E-state index >= 15 is 0 Å². The average molecular weight is 282 g/mol. The number of carbonyl (C=O) groups is 1. The van der Waals surface area contributed by atoms with E-state index in [9.17, 15) is 9.90 Å². The Morgan fingerprint density at radius 1 is 1.35 bits per heavy atom. The van der Waals surface area contributed by atoms with Crippen LogP contribution in [0.3, 0.4) is 0 Å². The van der Waals surface area contributed by atoms with Gasteiger partial charge in [-0.05, 0) is 26.0 Å². The molecule has 110 valence electrons. The summed E-state index contributed by atoms with van der Waals surface area (Å²) in [6.45, 7) is 3.53. The third-order valence-electron chi connectivity index (χ3n) is 4.40. The van der Waals surface area contributed by atoms with Gasteiger partial charge in [0.1, 0.15) is 11.7 Å². The Labute approximate surface area is 116 Å². The van der Waals surface area contributed by atoms with Crippen molar-refractivity contribution >= 4 is 5.78 Å². The molecule has 3 heterocycles. The molecule has 6 heteroatoms. The lowest BCUT2D eigenvalue weighted by Crippen LogP contribution is -2.75. The SMILES string of the molecule is COC1=CC2(C)OC(C1=O)C1OC(C)=CC2(OC)C1O. The molecule has 3 aliphatic rings. The number of aliphatic hydroxyl groups is 1. The summed E-state index contributed by atoms with van der Waals surface area (Å²) in [6, 6.07) is 0. The predicted molar refractivity (Wildman–Crippen MR) is 67.8 cm³/mol. The number of hydrogen-bond acceptors (Lipinski definition) is 6. The van der Waals surface area contributed by atoms with E-state index in [2.05, 4.69) is 0 Å². The van der Waals surface area contributed by atoms with Crippen LogP contribution in [0.4, 0.5) is 0 Å². The van der Waals surface area contributed by atoms with Gasteiger partial charge in [-0.15, -0.1) is 0 Å². The summed E-state index contributed by atoms with van der Waals surface area (Å²) in [5.74, 6) is 0.482. The fraction of sp³-hybridized carbons (Fsp3) is 0.643. The van der Waals surface area contributed by atoms with E-state index in [1.807, 2.05) is 0 Å². The fourth-order valence-electron chi connectivity index (χ4n) is 3.38. The molecular weight excluding hydrogens is 264 g/mol. The van der Waals surface area contributed by atoms with Crippen molar-refractivity contribution in [3.05, 3.63) is 23.7 Å². The van der Waals surface area contributed by atoms with Crippen LogP contribution >= 0.6 is 0 Å². The molecule has 0 spiro atoms. The molecule has 3 rings (SSSR count). The van der Waals surface area contributed by atoms with Crippen molar-refractivity contribution in [3.8, 4) is 0 Å². The Hall–Kier alpha value is -1.37. The Balaban J connectivity index is 2.24. The average Bonchev–Trinajstić information content (AvgIpc) is 2.42. The Kier molecular flexibility index (Phi) is 2.77. The summed E-state index contributed by atoms with van der Waals surface area (Å²) in [6.07, 6.45) is 0.563. The second-order valence-electron chi connectivity index (χ2n) is 5.50. The first-order valence-corrected chi connectivity index (χ1v) is 6.47. The highest BCUT2D eigenvalue weighted by Gasteiger charge is 2.67. The van der Waals surface area contributed by atoms with Gasteiger partial charge >= 0.3 is 0 Å². The zero-order valence-corrected chi connectivity index (χ0v) is 11.9. The summed E-state index contributed by atoms with van der Waals surface area (Å²) in [5.41, 5.74) is -2.12. The topological polar surface area (TPSA) is 74.2 Å². The first kappa shape index (κ1) is 13.6. The van der Waals surface area contributed by atoms with Crippen LogP contribution in [-0.2, 0) is 23.7 Å². The van der Waals surface area contributed by atoms with E-state index in [0.29, 0.717) is 5.76 Å². The first-order valence-electron chi connectivity index (χ1n) is 6.47. The van der Waals surface area contributed by atoms with Gasteiger partial charge in [-0.25, -0.2) is 0 Å². The molecule has 20 heavy (non-hydrogen) atoms. The second-order valence-corrected chi connectivity index (χ2v) is 5.50. The highest BCUT2D eigenvalue weighted by atomic mass is 16.6. The largest absolute Gasteiger partial charge is 0.493 e. The van der Waals surface area contributed by atoms with Crippen LogP contribution in [0.2, 0.25) is 0 Å². The van der Waals surface area contributed by atoms with E-state index in [1.54, 1.807) is 26.0 Å². The molecular formula is C14H18O6. The van der Waals surface area contributed by atoms with Crippen LogP contribution in [0.1, 0.15) is 13.8 Å². The van der Waals surface area contributed by atoms with Crippen LogP contribution in [-0.4, -0.2) is 54.6 Å². The van der Waals surface area contributed by atoms with Crippen molar-refractivity contribution in [3.63, 3.8) is 0 Å². The van der Waals surface area contributed by atoms with E-state index < -0.39 is 29.5 Å². The van der Waals surface area contributed by atoms with Gasteiger partial charge in [-0.1, -0.05) is 0 Å². The highest BCUT2D eigenvalue weighted by molar-refractivity contribution is 5.99. The lowest BCUT2D eigenvalue weighted by atomic mass is 9.69. The van der Waals surface area contributed by atoms with E-state index in [4.69, 9.17) is 18.9 Å². The molecule has 0 aliphatic carbocycles. The number of ketones is 1. The van der Waals surface area contributed by atoms with Crippen LogP contribution < -0.4 is 0 Å². The standard InChI is InChI=1S/C14H18O6/c1-7-5-14(18-4)12(16)11(19-7)10-9(15)8(17-3)6-13(14,2)20-10/h5-6,10-12,16H,1-4H3. The molecule has 1 N–H and O–H groups in total. The quantitative estimate of drug-likeness (QED) is 0.785. The van der Waals surface area contributed by atoms with Crippen molar-refractivity contribution in [2.75, 3.05) is 14.2 Å². The molecule has 0 saturated carbocycles. The van der Waals surface area contributed by atoms with Gasteiger partial charge in [0.05, 0.1) is 12.9 Å². The van der Waals surface area contributed by atoms with Gasteiger partial charge in [-0.2, -0.15) is 0 Å². The molecule has 0 aromatic heterocycles. The van der Waals surface area contributed by atoms with Crippen LogP contribution in [0.25, 0.3) is 0 Å². The minimum Gasteiger partial charge on any atom is -0.493 e. The number of fused-ring (bicyclic) bond motifs is 6. The van der Waals surface area contributed by atoms with Crippen molar-refractivity contribution in [2.24, 2.45) is 0 Å². The number of hydrogen-bond donors (Lipinski definition) is 1. The fourth-order valence-corrected chi connectivity index (χ4v) is 3.38. The molecule has 5 unspecified atom stereocenters. The van der Waals surface area contributed by atoms with Gasteiger partial charge in [0.25, 0.3) is 0 Å². The molecule has 0 radical (unpaired) electrons. The molecule has 3 aliphatic heterocycles. The zero-order chi connectivity index (χ0) is 14.7. The number of rotatable bonds is 2. The summed E-state index contributed by atoms with van der Waals surface area (Å²) in [7, 11) is 2.93. The number of methoxy groups -OCH3 is 2. The third-order valence-corrected chi connectivity index (χ3v) is 4.40. The van der Waals surface area contributed by atoms with Crippen molar-refractivity contribution in [1.82, 2.24) is 0 Å². The Morgan fingerprint density at radius 3 is 2.65 bits per heavy atom. The number of allylic oxidation sites excluding steroid dienone is 1. The summed E-state index contributed by atoms with van der Waals surface area (Å²) in [4.78, 5) is 12.3. The van der Waals surface area contributed by atoms with E-state index in [1.165, 1.54) is 14.2 Å². The molecule has 4 bridgehead atoms. The van der Waals surface area contributed by atoms with Crippen molar-refractivity contribution in [1.29, 1.82) is 0 Å². The summed E-state index contributed by atoms with van der Waals surface area (Å²) in [5, 5.41) is 10.6. The first-order chi connectivity index (χ1) is 9.38. The van der Waals surface area contributed by atoms with Crippen molar-refractivity contribution in [2.45, 2.75) is 43.4 Å². The molecule has 0 aromatic carbocycles. The van der Waals surface area contributed by atoms with Crippen LogP contribution in [0.5, 0.6) is 0 Å². The van der Waals surface area contributed by atoms with Gasteiger partial charge in [0.2, 0.25) is 5.78 Å². The minimum absolute atomic E-state index is 0.207. The van der Waals surface area contributed by atoms with Crippen LogP contribution in [0, 0.1) is 0 Å². The Morgan fingerprint density at radius 2 is 2.05 bits per heavy atom. The highest BCUT2D eigenvalue weighted by Crippen LogP contribution is 2.49. The molecule has 0 aromatic rings. The van der Waals surface area contributed by atoms with Crippen LogP contribution in [0.15, 0.2) is 23.7 Å². The summed E-state index contributed by atoms with van der Waals surface area (Å²) >= 11 is 0. The number of ether oxygens (including phenoxy) is 4. The number of aliphatic hydroxyl groups excluding tert-OH is 1. The predicted octanol–water partition coefficient (Wildman–Crippen LogP) is 0.306.